The lowest BCUT2D eigenvalue weighted by Crippen LogP contribution is -2.14. The molecular weight excluding hydrogens is 264 g/mol. The molecule has 94 valence electrons. The van der Waals surface area contributed by atoms with Crippen LogP contribution >= 0.6 is 22.7 Å². The first-order valence-corrected chi connectivity index (χ1v) is 7.53. The molecule has 0 aliphatic heterocycles. The van der Waals surface area contributed by atoms with Gasteiger partial charge in [-0.3, -0.25) is 4.40 Å². The second-order valence-electron chi connectivity index (χ2n) is 4.17. The van der Waals surface area contributed by atoms with E-state index in [0.717, 1.165) is 28.8 Å². The van der Waals surface area contributed by atoms with Gasteiger partial charge in [0.25, 0.3) is 0 Å². The van der Waals surface area contributed by atoms with Crippen LogP contribution in [0.3, 0.4) is 0 Å². The minimum absolute atomic E-state index is 0.813. The Morgan fingerprint density at radius 2 is 2.17 bits per heavy atom. The highest BCUT2D eigenvalue weighted by Gasteiger charge is 2.11. The number of aromatic nitrogens is 3. The van der Waals surface area contributed by atoms with Crippen molar-refractivity contribution in [1.82, 2.24) is 19.7 Å². The first-order chi connectivity index (χ1) is 8.75. The number of imidazole rings is 1. The van der Waals surface area contributed by atoms with Crippen LogP contribution in [0.4, 0.5) is 0 Å². The lowest BCUT2D eigenvalue weighted by Gasteiger charge is -2.04. The Morgan fingerprint density at radius 1 is 1.28 bits per heavy atom. The number of rotatable bonds is 4. The molecule has 0 saturated heterocycles. The third kappa shape index (κ3) is 2.07. The number of hydrogen-bond acceptors (Lipinski definition) is 5. The molecule has 0 saturated carbocycles. The van der Waals surface area contributed by atoms with E-state index in [0.29, 0.717) is 0 Å². The summed E-state index contributed by atoms with van der Waals surface area (Å²) in [7, 11) is 0. The van der Waals surface area contributed by atoms with Crippen molar-refractivity contribution in [3.8, 4) is 0 Å². The molecule has 6 heteroatoms. The zero-order valence-electron chi connectivity index (χ0n) is 10.3. The SMILES string of the molecule is Cc1nc2scc(C)n2c1CNCc1nccs1. The molecule has 1 N–H and O–H groups in total. The average Bonchev–Trinajstić information content (AvgIpc) is 3.02. The lowest BCUT2D eigenvalue weighted by molar-refractivity contribution is 0.668. The maximum atomic E-state index is 4.58. The molecule has 18 heavy (non-hydrogen) atoms. The van der Waals surface area contributed by atoms with Crippen molar-refractivity contribution in [2.45, 2.75) is 26.9 Å². The van der Waals surface area contributed by atoms with Gasteiger partial charge in [0.05, 0.1) is 11.4 Å². The van der Waals surface area contributed by atoms with Crippen molar-refractivity contribution < 1.29 is 0 Å². The Bertz CT molecular complexity index is 651. The summed E-state index contributed by atoms with van der Waals surface area (Å²) in [5, 5.41) is 8.70. The standard InChI is InChI=1S/C12H14N4S2/c1-8-7-18-12-15-9(2)10(16(8)12)5-13-6-11-14-3-4-17-11/h3-4,7,13H,5-6H2,1-2H3. The first-order valence-electron chi connectivity index (χ1n) is 5.77. The zero-order chi connectivity index (χ0) is 12.5. The second-order valence-corrected chi connectivity index (χ2v) is 5.98. The lowest BCUT2D eigenvalue weighted by atomic mass is 10.3. The van der Waals surface area contributed by atoms with E-state index in [4.69, 9.17) is 0 Å². The van der Waals surface area contributed by atoms with Crippen LogP contribution in [0.2, 0.25) is 0 Å². The number of hydrogen-bond donors (Lipinski definition) is 1. The summed E-state index contributed by atoms with van der Waals surface area (Å²) in [6.45, 7) is 5.83. The summed E-state index contributed by atoms with van der Waals surface area (Å²) in [5.74, 6) is 0. The quantitative estimate of drug-likeness (QED) is 0.798. The van der Waals surface area contributed by atoms with Gasteiger partial charge in [-0.1, -0.05) is 0 Å². The highest BCUT2D eigenvalue weighted by Crippen LogP contribution is 2.20. The van der Waals surface area contributed by atoms with Crippen LogP contribution in [-0.4, -0.2) is 14.4 Å². The highest BCUT2D eigenvalue weighted by molar-refractivity contribution is 7.15. The molecule has 3 heterocycles. The van der Waals surface area contributed by atoms with Crippen LogP contribution < -0.4 is 5.32 Å². The number of fused-ring (bicyclic) bond motifs is 1. The topological polar surface area (TPSA) is 42.2 Å². The Hall–Kier alpha value is -1.24. The molecule has 0 spiro atoms. The Balaban J connectivity index is 1.77. The van der Waals surface area contributed by atoms with Gasteiger partial charge in [-0.05, 0) is 13.8 Å². The molecule has 0 bridgehead atoms. The van der Waals surface area contributed by atoms with E-state index in [1.54, 1.807) is 22.7 Å². The van der Waals surface area contributed by atoms with Crippen molar-refractivity contribution in [2.75, 3.05) is 0 Å². The molecule has 0 fully saturated rings. The van der Waals surface area contributed by atoms with Crippen LogP contribution in [-0.2, 0) is 13.1 Å². The summed E-state index contributed by atoms with van der Waals surface area (Å²) >= 11 is 3.37. The van der Waals surface area contributed by atoms with E-state index in [-0.39, 0.29) is 0 Å². The highest BCUT2D eigenvalue weighted by atomic mass is 32.1. The Morgan fingerprint density at radius 3 is 2.94 bits per heavy atom. The summed E-state index contributed by atoms with van der Waals surface area (Å²) in [6, 6.07) is 0. The molecule has 0 atom stereocenters. The predicted octanol–water partition coefficient (Wildman–Crippen LogP) is 2.76. The monoisotopic (exact) mass is 278 g/mol. The van der Waals surface area contributed by atoms with Crippen molar-refractivity contribution >= 4 is 27.6 Å². The van der Waals surface area contributed by atoms with Crippen LogP contribution in [0.5, 0.6) is 0 Å². The number of nitrogens with zero attached hydrogens (tertiary/aromatic N) is 3. The fourth-order valence-corrected chi connectivity index (χ4v) is 3.52. The smallest absolute Gasteiger partial charge is 0.194 e. The van der Waals surface area contributed by atoms with E-state index in [1.807, 2.05) is 11.6 Å². The van der Waals surface area contributed by atoms with Crippen LogP contribution in [0.25, 0.3) is 4.96 Å². The molecule has 4 nitrogen and oxygen atoms in total. The number of nitrogens with one attached hydrogen (secondary N) is 1. The third-order valence-corrected chi connectivity index (χ3v) is 4.61. The van der Waals surface area contributed by atoms with Gasteiger partial charge in [0.1, 0.15) is 5.01 Å². The minimum Gasteiger partial charge on any atom is -0.305 e. The molecule has 3 aromatic heterocycles. The second kappa shape index (κ2) is 4.79. The summed E-state index contributed by atoms with van der Waals surface area (Å²) in [4.78, 5) is 9.92. The molecule has 3 rings (SSSR count). The van der Waals surface area contributed by atoms with Crippen molar-refractivity contribution in [2.24, 2.45) is 0 Å². The number of aryl methyl sites for hydroxylation is 2. The fraction of sp³-hybridized carbons (Fsp3) is 0.333. The van der Waals surface area contributed by atoms with Gasteiger partial charge in [-0.25, -0.2) is 9.97 Å². The minimum atomic E-state index is 0.813. The normalized spacial score (nSPS) is 11.4. The molecular formula is C12H14N4S2. The molecule has 0 amide bonds. The predicted molar refractivity (Wildman–Crippen MR) is 75.2 cm³/mol. The van der Waals surface area contributed by atoms with Gasteiger partial charge >= 0.3 is 0 Å². The number of thiazole rings is 2. The third-order valence-electron chi connectivity index (χ3n) is 2.88. The molecule has 0 unspecified atom stereocenters. The summed E-state index contributed by atoms with van der Waals surface area (Å²) < 4.78 is 2.23. The van der Waals surface area contributed by atoms with E-state index < -0.39 is 0 Å². The van der Waals surface area contributed by atoms with E-state index >= 15 is 0 Å². The van der Waals surface area contributed by atoms with Gasteiger partial charge in [-0.15, -0.1) is 22.7 Å². The van der Waals surface area contributed by atoms with Crippen molar-refractivity contribution in [3.05, 3.63) is 39.0 Å². The largest absolute Gasteiger partial charge is 0.305 e. The molecule has 0 radical (unpaired) electrons. The van der Waals surface area contributed by atoms with E-state index in [1.165, 1.54) is 11.4 Å². The van der Waals surface area contributed by atoms with Crippen LogP contribution in [0.1, 0.15) is 22.1 Å². The molecule has 0 aromatic carbocycles. The van der Waals surface area contributed by atoms with Crippen LogP contribution in [0.15, 0.2) is 17.0 Å². The maximum Gasteiger partial charge on any atom is 0.194 e. The molecule has 0 aliphatic rings. The molecule has 0 aliphatic carbocycles. The fourth-order valence-electron chi connectivity index (χ4n) is 2.00. The van der Waals surface area contributed by atoms with Crippen molar-refractivity contribution in [1.29, 1.82) is 0 Å². The maximum absolute atomic E-state index is 4.58. The van der Waals surface area contributed by atoms with Gasteiger partial charge in [0.15, 0.2) is 4.96 Å². The van der Waals surface area contributed by atoms with Gasteiger partial charge in [0, 0.05) is 35.7 Å². The summed E-state index contributed by atoms with van der Waals surface area (Å²) in [5.41, 5.74) is 3.61. The Kier molecular flexibility index (Phi) is 3.15. The van der Waals surface area contributed by atoms with Gasteiger partial charge < -0.3 is 5.32 Å². The molecule has 3 aromatic rings. The van der Waals surface area contributed by atoms with Crippen molar-refractivity contribution in [3.63, 3.8) is 0 Å². The zero-order valence-corrected chi connectivity index (χ0v) is 11.9. The van der Waals surface area contributed by atoms with E-state index in [2.05, 4.69) is 38.9 Å². The summed E-state index contributed by atoms with van der Waals surface area (Å²) in [6.07, 6.45) is 1.84. The van der Waals surface area contributed by atoms with Gasteiger partial charge in [0.2, 0.25) is 0 Å². The Labute approximate surface area is 113 Å². The first kappa shape index (κ1) is 11.8. The van der Waals surface area contributed by atoms with E-state index in [9.17, 15) is 0 Å². The van der Waals surface area contributed by atoms with Gasteiger partial charge in [-0.2, -0.15) is 0 Å². The van der Waals surface area contributed by atoms with Crippen LogP contribution in [0, 0.1) is 13.8 Å². The average molecular weight is 278 g/mol.